The number of hydrogen-bond acceptors (Lipinski definition) is 0. The molecule has 0 radical (unpaired) electrons. The Labute approximate surface area is 115 Å². The maximum absolute atomic E-state index is 2.68. The minimum absolute atomic E-state index is 0.950. The fraction of sp³-hybridized carbons (Fsp3) is 1.00. The highest BCUT2D eigenvalue weighted by molar-refractivity contribution is 14.1. The Morgan fingerprint density at radius 1 is 0.714 bits per heavy atom. The molecule has 0 aromatic heterocycles. The van der Waals surface area contributed by atoms with Gasteiger partial charge in [-0.3, -0.25) is 0 Å². The van der Waals surface area contributed by atoms with Gasteiger partial charge in [0.25, 0.3) is 0 Å². The summed E-state index contributed by atoms with van der Waals surface area (Å²) in [5, 5.41) is 0. The minimum atomic E-state index is 0.950. The molecule has 0 spiro atoms. The molecule has 0 N–H and O–H groups in total. The van der Waals surface area contributed by atoms with Crippen LogP contribution in [0.2, 0.25) is 0 Å². The van der Waals surface area contributed by atoms with Gasteiger partial charge in [0.15, 0.2) is 0 Å². The molecular weight excluding hydrogens is 398 g/mol. The fourth-order valence-corrected chi connectivity index (χ4v) is 5.15. The number of rotatable bonds is 0. The topological polar surface area (TPSA) is 0 Å². The van der Waals surface area contributed by atoms with Crippen LogP contribution in [-0.4, -0.2) is 7.85 Å². The molecule has 0 saturated heterocycles. The van der Waals surface area contributed by atoms with Gasteiger partial charge in [-0.15, -0.1) is 0 Å². The summed E-state index contributed by atoms with van der Waals surface area (Å²) in [5.74, 6) is 4.06. The van der Waals surface area contributed by atoms with E-state index in [2.05, 4.69) is 59.0 Å². The van der Waals surface area contributed by atoms with Crippen LogP contribution in [0.25, 0.3) is 0 Å². The molecule has 2 aliphatic carbocycles. The van der Waals surface area contributed by atoms with Gasteiger partial charge in [0.2, 0.25) is 0 Å². The van der Waals surface area contributed by atoms with Crippen molar-refractivity contribution in [2.75, 3.05) is 0 Å². The summed E-state index contributed by atoms with van der Waals surface area (Å²) in [6.45, 7) is 4.91. The highest BCUT2D eigenvalue weighted by Gasteiger charge is 2.39. The summed E-state index contributed by atoms with van der Waals surface area (Å²) in [5.41, 5.74) is 0. The Hall–Kier alpha value is 1.46. The van der Waals surface area contributed by atoms with E-state index < -0.39 is 0 Å². The van der Waals surface area contributed by atoms with Crippen LogP contribution in [0.3, 0.4) is 0 Å². The first kappa shape index (κ1) is 11.9. The average molecular weight is 418 g/mol. The second-order valence-electron chi connectivity index (χ2n) is 5.45. The standard InChI is InChI=1S/C12H20I2/c1-7-3-9-4-8(2)12(14)6-10(9)5-11(7)13/h7-12H,3-6H2,1-2H3. The van der Waals surface area contributed by atoms with Crippen LogP contribution >= 0.6 is 45.2 Å². The summed E-state index contributed by atoms with van der Waals surface area (Å²) in [4.78, 5) is 0. The average Bonchev–Trinajstić information content (AvgIpc) is 2.11. The Balaban J connectivity index is 2.01. The summed E-state index contributed by atoms with van der Waals surface area (Å²) >= 11 is 5.36. The lowest BCUT2D eigenvalue weighted by molar-refractivity contribution is 0.125. The molecule has 2 heteroatoms. The predicted octanol–water partition coefficient (Wildman–Crippen LogP) is 4.69. The Morgan fingerprint density at radius 3 is 1.50 bits per heavy atom. The molecule has 14 heavy (non-hydrogen) atoms. The lowest BCUT2D eigenvalue weighted by atomic mass is 9.65. The Morgan fingerprint density at radius 2 is 1.07 bits per heavy atom. The maximum Gasteiger partial charge on any atom is 0.0138 e. The van der Waals surface area contributed by atoms with E-state index in [1.807, 2.05) is 0 Å². The van der Waals surface area contributed by atoms with Gasteiger partial charge in [-0.25, -0.2) is 0 Å². The summed E-state index contributed by atoms with van der Waals surface area (Å²) in [7, 11) is 0. The molecule has 0 aromatic rings. The Kier molecular flexibility index (Phi) is 4.06. The summed E-state index contributed by atoms with van der Waals surface area (Å²) in [6, 6.07) is 0. The van der Waals surface area contributed by atoms with Crippen molar-refractivity contribution in [3.63, 3.8) is 0 Å². The number of hydrogen-bond donors (Lipinski definition) is 0. The SMILES string of the molecule is CC1CC2CC(C)C(I)CC2CC1I. The minimum Gasteiger partial charge on any atom is -0.0823 e. The Bertz CT molecular complexity index is 162. The van der Waals surface area contributed by atoms with Crippen molar-refractivity contribution in [3.05, 3.63) is 0 Å². The molecule has 82 valence electrons. The predicted molar refractivity (Wildman–Crippen MR) is 79.4 cm³/mol. The van der Waals surface area contributed by atoms with Crippen LogP contribution in [-0.2, 0) is 0 Å². The van der Waals surface area contributed by atoms with Crippen molar-refractivity contribution < 1.29 is 0 Å². The molecule has 0 bridgehead atoms. The zero-order valence-electron chi connectivity index (χ0n) is 9.05. The van der Waals surface area contributed by atoms with E-state index >= 15 is 0 Å². The highest BCUT2D eigenvalue weighted by atomic mass is 127. The molecule has 0 heterocycles. The van der Waals surface area contributed by atoms with Crippen molar-refractivity contribution in [1.82, 2.24) is 0 Å². The second kappa shape index (κ2) is 4.76. The van der Waals surface area contributed by atoms with E-state index in [-0.39, 0.29) is 0 Å². The van der Waals surface area contributed by atoms with Gasteiger partial charge in [-0.05, 0) is 49.4 Å². The van der Waals surface area contributed by atoms with Crippen molar-refractivity contribution in [2.24, 2.45) is 23.7 Å². The largest absolute Gasteiger partial charge is 0.0823 e. The first-order chi connectivity index (χ1) is 6.58. The van der Waals surface area contributed by atoms with Gasteiger partial charge in [0, 0.05) is 7.85 Å². The van der Waals surface area contributed by atoms with E-state index in [1.165, 1.54) is 25.7 Å². The molecule has 0 aromatic carbocycles. The van der Waals surface area contributed by atoms with Crippen molar-refractivity contribution in [3.8, 4) is 0 Å². The second-order valence-corrected chi connectivity index (χ2v) is 8.65. The monoisotopic (exact) mass is 418 g/mol. The maximum atomic E-state index is 2.68. The van der Waals surface area contributed by atoms with E-state index in [1.54, 1.807) is 0 Å². The van der Waals surface area contributed by atoms with Gasteiger partial charge in [-0.2, -0.15) is 0 Å². The molecule has 2 saturated carbocycles. The molecular formula is C12H20I2. The smallest absolute Gasteiger partial charge is 0.0138 e. The third-order valence-electron chi connectivity index (χ3n) is 4.31. The number of alkyl halides is 2. The van der Waals surface area contributed by atoms with Crippen LogP contribution in [0.5, 0.6) is 0 Å². The van der Waals surface area contributed by atoms with Crippen LogP contribution in [0.15, 0.2) is 0 Å². The quantitative estimate of drug-likeness (QED) is 0.396. The number of halogens is 2. The highest BCUT2D eigenvalue weighted by Crippen LogP contribution is 2.48. The molecule has 2 rings (SSSR count). The molecule has 0 aliphatic heterocycles. The van der Waals surface area contributed by atoms with Crippen LogP contribution < -0.4 is 0 Å². The first-order valence-electron chi connectivity index (χ1n) is 5.86. The van der Waals surface area contributed by atoms with E-state index in [0.717, 1.165) is 31.5 Å². The van der Waals surface area contributed by atoms with Crippen molar-refractivity contribution >= 4 is 45.2 Å². The van der Waals surface area contributed by atoms with Gasteiger partial charge < -0.3 is 0 Å². The molecule has 4 atom stereocenters. The lowest BCUT2D eigenvalue weighted by Gasteiger charge is -2.44. The van der Waals surface area contributed by atoms with E-state index in [4.69, 9.17) is 0 Å². The van der Waals surface area contributed by atoms with Gasteiger partial charge in [0.05, 0.1) is 0 Å². The van der Waals surface area contributed by atoms with Crippen LogP contribution in [0.4, 0.5) is 0 Å². The third-order valence-corrected chi connectivity index (χ3v) is 7.78. The van der Waals surface area contributed by atoms with Gasteiger partial charge in [0.1, 0.15) is 0 Å². The van der Waals surface area contributed by atoms with Crippen LogP contribution in [0, 0.1) is 23.7 Å². The van der Waals surface area contributed by atoms with Gasteiger partial charge in [-0.1, -0.05) is 59.0 Å². The van der Waals surface area contributed by atoms with E-state index in [0.29, 0.717) is 0 Å². The van der Waals surface area contributed by atoms with Crippen molar-refractivity contribution in [1.29, 1.82) is 0 Å². The molecule has 4 unspecified atom stereocenters. The number of fused-ring (bicyclic) bond motifs is 1. The normalized spacial score (nSPS) is 54.0. The van der Waals surface area contributed by atoms with Gasteiger partial charge >= 0.3 is 0 Å². The molecule has 2 aliphatic rings. The van der Waals surface area contributed by atoms with E-state index in [9.17, 15) is 0 Å². The van der Waals surface area contributed by atoms with Crippen molar-refractivity contribution in [2.45, 2.75) is 47.4 Å². The molecule has 0 amide bonds. The fourth-order valence-electron chi connectivity index (χ4n) is 3.26. The first-order valence-corrected chi connectivity index (χ1v) is 8.35. The molecule has 2 fully saturated rings. The third kappa shape index (κ3) is 2.41. The lowest BCUT2D eigenvalue weighted by Crippen LogP contribution is -2.38. The molecule has 0 nitrogen and oxygen atoms in total. The zero-order chi connectivity index (χ0) is 10.3. The van der Waals surface area contributed by atoms with Crippen LogP contribution in [0.1, 0.15) is 39.5 Å². The summed E-state index contributed by atoms with van der Waals surface area (Å²) < 4.78 is 1.90. The summed E-state index contributed by atoms with van der Waals surface area (Å²) in [6.07, 6.45) is 6.01. The zero-order valence-corrected chi connectivity index (χ0v) is 13.4.